The first kappa shape index (κ1) is 59.8. The second-order valence-corrected chi connectivity index (χ2v) is 23.2. The van der Waals surface area contributed by atoms with Crippen LogP contribution in [0.2, 0.25) is 20.1 Å². The van der Waals surface area contributed by atoms with E-state index < -0.39 is 19.7 Å². The van der Waals surface area contributed by atoms with Crippen molar-refractivity contribution in [2.45, 2.75) is 47.6 Å². The average molecular weight is 1120 g/mol. The number of benzene rings is 4. The zero-order chi connectivity index (χ0) is 51.9. The highest BCUT2D eigenvalue weighted by molar-refractivity contribution is 7.91. The minimum Gasteiger partial charge on any atom is -0.379 e. The molecule has 0 saturated carbocycles. The lowest BCUT2D eigenvalue weighted by Crippen LogP contribution is -2.31. The van der Waals surface area contributed by atoms with E-state index in [0.29, 0.717) is 135 Å². The van der Waals surface area contributed by atoms with Crippen molar-refractivity contribution >= 4 is 66.1 Å². The van der Waals surface area contributed by atoms with Crippen LogP contribution in [0, 0.1) is 0 Å². The van der Waals surface area contributed by atoms with Gasteiger partial charge in [-0.2, -0.15) is 0 Å². The molecule has 6 rings (SSSR count). The monoisotopic (exact) mass is 1110 g/mol. The van der Waals surface area contributed by atoms with Crippen molar-refractivity contribution in [2.24, 2.45) is 10.8 Å². The van der Waals surface area contributed by atoms with Crippen LogP contribution in [0.25, 0.3) is 10.4 Å². The van der Waals surface area contributed by atoms with Crippen LogP contribution in [0.5, 0.6) is 0 Å². The molecule has 2 aliphatic rings. The molecule has 72 heavy (non-hydrogen) atoms. The summed E-state index contributed by atoms with van der Waals surface area (Å²) in [7, 11) is -2.86. The Morgan fingerprint density at radius 2 is 0.972 bits per heavy atom. The molecule has 4 aromatic carbocycles. The fraction of sp³-hybridized carbons (Fsp3) is 0.520. The van der Waals surface area contributed by atoms with E-state index in [1.807, 2.05) is 38.4 Å². The molecule has 22 heteroatoms. The Morgan fingerprint density at radius 1 is 0.583 bits per heavy atom. The third-order valence-electron chi connectivity index (χ3n) is 11.8. The number of likely N-dealkylation sites (N-methyl/N-ethyl adjacent to an activating group) is 2. The molecular formula is C50H66Cl4N6O10S2. The van der Waals surface area contributed by atoms with Crippen molar-refractivity contribution in [1.82, 2.24) is 9.80 Å². The maximum atomic E-state index is 13.0. The second kappa shape index (κ2) is 31.1. The lowest BCUT2D eigenvalue weighted by atomic mass is 9.85. The van der Waals surface area contributed by atoms with E-state index in [2.05, 4.69) is 19.8 Å². The van der Waals surface area contributed by atoms with Gasteiger partial charge >= 0.3 is 0 Å². The van der Waals surface area contributed by atoms with Gasteiger partial charge in [0.05, 0.1) is 87.4 Å². The predicted octanol–water partition coefficient (Wildman–Crippen LogP) is 8.84. The molecule has 0 amide bonds. The van der Waals surface area contributed by atoms with Gasteiger partial charge in [-0.05, 0) is 114 Å². The summed E-state index contributed by atoms with van der Waals surface area (Å²) in [5.41, 5.74) is 19.5. The van der Waals surface area contributed by atoms with Crippen LogP contribution in [0.3, 0.4) is 0 Å². The maximum Gasteiger partial charge on any atom is 0.178 e. The summed E-state index contributed by atoms with van der Waals surface area (Å²) in [5.74, 6) is -0.0305. The van der Waals surface area contributed by atoms with E-state index in [9.17, 15) is 16.8 Å². The van der Waals surface area contributed by atoms with Crippen LogP contribution in [0.4, 0.5) is 0 Å². The van der Waals surface area contributed by atoms with Gasteiger partial charge in [-0.15, -0.1) is 0 Å². The smallest absolute Gasteiger partial charge is 0.178 e. The third-order valence-corrected chi connectivity index (χ3v) is 16.5. The van der Waals surface area contributed by atoms with Crippen LogP contribution >= 0.6 is 46.4 Å². The molecule has 2 atom stereocenters. The number of hydrogen-bond acceptors (Lipinski definition) is 14. The lowest BCUT2D eigenvalue weighted by molar-refractivity contribution is 0.0162. The number of nitrogens with two attached hydrogens (primary N) is 1. The van der Waals surface area contributed by atoms with Crippen LogP contribution in [-0.2, 0) is 61.2 Å². The van der Waals surface area contributed by atoms with Crippen LogP contribution in [-0.4, -0.2) is 158 Å². The average Bonchev–Trinajstić information content (AvgIpc) is 3.35. The van der Waals surface area contributed by atoms with Gasteiger partial charge in [0.2, 0.25) is 0 Å². The zero-order valence-corrected chi connectivity index (χ0v) is 45.5. The van der Waals surface area contributed by atoms with Crippen molar-refractivity contribution < 1.29 is 45.3 Å². The second-order valence-electron chi connectivity index (χ2n) is 17.3. The summed E-state index contributed by atoms with van der Waals surface area (Å²) < 4.78 is 84.2. The summed E-state index contributed by atoms with van der Waals surface area (Å²) in [5, 5.41) is 5.79. The summed E-state index contributed by atoms with van der Waals surface area (Å²) in [6.07, 6.45) is 0.793. The van der Waals surface area contributed by atoms with E-state index in [-0.39, 0.29) is 23.3 Å². The molecule has 0 bridgehead atoms. The molecule has 0 aliphatic carbocycles. The molecule has 0 spiro atoms. The van der Waals surface area contributed by atoms with E-state index >= 15 is 0 Å². The van der Waals surface area contributed by atoms with Gasteiger partial charge in [-0.1, -0.05) is 75.8 Å². The van der Waals surface area contributed by atoms with Crippen LogP contribution in [0.1, 0.15) is 58.1 Å². The third kappa shape index (κ3) is 19.2. The number of halogens is 4. The Balaban J connectivity index is 0.000000268. The highest BCUT2D eigenvalue weighted by Gasteiger charge is 2.30. The minimum atomic E-state index is -3.47. The lowest BCUT2D eigenvalue weighted by Gasteiger charge is -2.33. The van der Waals surface area contributed by atoms with Crippen molar-refractivity contribution in [1.29, 1.82) is 0 Å². The summed E-state index contributed by atoms with van der Waals surface area (Å²) >= 11 is 25.5. The van der Waals surface area contributed by atoms with Gasteiger partial charge in [-0.3, -0.25) is 0 Å². The molecule has 2 aliphatic heterocycles. The van der Waals surface area contributed by atoms with Crippen molar-refractivity contribution in [3.05, 3.63) is 137 Å². The van der Waals surface area contributed by atoms with Crippen LogP contribution < -0.4 is 5.73 Å². The molecule has 0 radical (unpaired) electrons. The molecule has 2 heterocycles. The first-order valence-corrected chi connectivity index (χ1v) is 28.6. The van der Waals surface area contributed by atoms with E-state index in [1.165, 1.54) is 0 Å². The number of fused-ring (bicyclic) bond motifs is 2. The highest BCUT2D eigenvalue weighted by Crippen LogP contribution is 2.40. The van der Waals surface area contributed by atoms with E-state index in [1.54, 1.807) is 48.5 Å². The van der Waals surface area contributed by atoms with Gasteiger partial charge in [-0.25, -0.2) is 16.8 Å². The summed E-state index contributed by atoms with van der Waals surface area (Å²) in [4.78, 5) is 7.62. The highest BCUT2D eigenvalue weighted by atomic mass is 35.5. The Hall–Kier alpha value is -3.11. The molecule has 0 aromatic heterocycles. The number of rotatable bonds is 29. The largest absolute Gasteiger partial charge is 0.379 e. The molecule has 0 saturated heterocycles. The number of hydrogen-bond donors (Lipinski definition) is 1. The Morgan fingerprint density at radius 3 is 1.38 bits per heavy atom. The zero-order valence-electron chi connectivity index (χ0n) is 40.9. The fourth-order valence-electron chi connectivity index (χ4n) is 8.37. The molecule has 0 unspecified atom stereocenters. The van der Waals surface area contributed by atoms with E-state index in [4.69, 9.17) is 86.1 Å². The number of azide groups is 1. The maximum absolute atomic E-state index is 13.0. The molecule has 16 nitrogen and oxygen atoms in total. The topological polar surface area (TPSA) is 205 Å². The van der Waals surface area contributed by atoms with Gasteiger partial charge in [0.15, 0.2) is 19.7 Å². The van der Waals surface area contributed by atoms with Gasteiger partial charge < -0.3 is 44.0 Å². The number of ether oxygens (including phenoxy) is 6. The summed E-state index contributed by atoms with van der Waals surface area (Å²) in [6.45, 7) is 8.67. The quantitative estimate of drug-likeness (QED) is 0.0234. The Kier molecular flexibility index (Phi) is 25.8. The van der Waals surface area contributed by atoms with E-state index in [0.717, 1.165) is 59.6 Å². The van der Waals surface area contributed by atoms with Gasteiger partial charge in [0, 0.05) is 89.3 Å². The standard InChI is InChI=1S/C25H32Cl2N4O5S.C25H34Cl2N2O5S/c1-31-17-23(22-15-20(26)16-25(27)24(22)18-31)19-4-2-5-21(14-19)37(32,33)13-3-7-34-9-11-36-12-10-35-8-6-29-30-28;1-29-17-23(22-15-20(26)16-25(27)24(22)18-29)19-4-2-5-21(14-19)35(30,31)13-3-7-32-9-11-34-12-10-33-8-6-28/h2,4-5,14-16,23H,3,6-13,17-18H2,1H3;2,4-5,14-16,23H,3,6-13,17-18,28H2,1H3/t2*23-/m11/s1. The van der Waals surface area contributed by atoms with Gasteiger partial charge in [0.1, 0.15) is 0 Å². The fourth-order valence-corrected chi connectivity index (χ4v) is 12.2. The SMILES string of the molecule is CN1Cc2c(Cl)cc(Cl)cc2[C@@H](c2cccc(S(=O)(=O)CCCOCCOCCOCCN)c2)C1.CN1Cc2c(Cl)cc(Cl)cc2[C@@H](c2cccc(S(=O)(=O)CCCOCCOCCOCCN=[N+]=[N-])c2)C1. The number of sulfone groups is 2. The summed E-state index contributed by atoms with van der Waals surface area (Å²) in [6, 6.07) is 21.7. The first-order valence-electron chi connectivity index (χ1n) is 23.8. The molecule has 2 N–H and O–H groups in total. The minimum absolute atomic E-state index is 0.00482. The molecule has 0 fully saturated rings. The van der Waals surface area contributed by atoms with Crippen LogP contribution in [0.15, 0.2) is 87.7 Å². The normalized spacial score (nSPS) is 16.1. The Bertz CT molecular complexity index is 2610. The predicted molar refractivity (Wildman–Crippen MR) is 283 cm³/mol. The molecular weight excluding hydrogens is 1050 g/mol. The van der Waals surface area contributed by atoms with Crippen molar-refractivity contribution in [2.75, 3.05) is 131 Å². The van der Waals surface area contributed by atoms with Gasteiger partial charge in [0.25, 0.3) is 0 Å². The van der Waals surface area contributed by atoms with Crippen molar-refractivity contribution in [3.63, 3.8) is 0 Å². The molecule has 396 valence electrons. The first-order chi connectivity index (χ1) is 34.6. The Labute approximate surface area is 444 Å². The number of nitrogens with zero attached hydrogens (tertiary/aromatic N) is 5. The molecule has 4 aromatic rings. The van der Waals surface area contributed by atoms with Crippen molar-refractivity contribution in [3.8, 4) is 0 Å².